The van der Waals surface area contributed by atoms with Crippen LogP contribution in [0, 0.1) is 5.92 Å². The average molecular weight is 230 g/mol. The summed E-state index contributed by atoms with van der Waals surface area (Å²) in [5, 5.41) is 12.6. The Morgan fingerprint density at radius 3 is 2.80 bits per heavy atom. The summed E-state index contributed by atoms with van der Waals surface area (Å²) in [7, 11) is 0. The number of anilines is 2. The van der Waals surface area contributed by atoms with E-state index in [9.17, 15) is 0 Å². The molecule has 0 aliphatic carbocycles. The molecule has 0 spiro atoms. The van der Waals surface area contributed by atoms with E-state index < -0.39 is 0 Å². The van der Waals surface area contributed by atoms with Crippen LogP contribution in [0.15, 0.2) is 12.3 Å². The molecular formula is C10H16ClN3O. The molecule has 4 N–H and O–H groups in total. The summed E-state index contributed by atoms with van der Waals surface area (Å²) in [5.41, 5.74) is 6.07. The number of nitrogens with two attached hydrogens (primary N) is 1. The first kappa shape index (κ1) is 12.1. The number of rotatable bonds is 4. The zero-order chi connectivity index (χ0) is 11.4. The monoisotopic (exact) mass is 229 g/mol. The third-order valence-corrected chi connectivity index (χ3v) is 2.66. The molecule has 0 aromatic carbocycles. The van der Waals surface area contributed by atoms with Gasteiger partial charge in [0.25, 0.3) is 0 Å². The summed E-state index contributed by atoms with van der Waals surface area (Å²) in [6.45, 7) is 4.04. The van der Waals surface area contributed by atoms with Gasteiger partial charge in [0, 0.05) is 12.6 Å². The highest BCUT2D eigenvalue weighted by atomic mass is 35.5. The van der Waals surface area contributed by atoms with Crippen molar-refractivity contribution in [2.75, 3.05) is 17.7 Å². The highest BCUT2D eigenvalue weighted by Crippen LogP contribution is 2.22. The number of pyridine rings is 1. The number of aliphatic hydroxyl groups is 1. The average Bonchev–Trinajstić information content (AvgIpc) is 2.20. The highest BCUT2D eigenvalue weighted by molar-refractivity contribution is 6.33. The predicted octanol–water partition coefficient (Wildman–Crippen LogP) is 1.75. The summed E-state index contributed by atoms with van der Waals surface area (Å²) < 4.78 is 0. The van der Waals surface area contributed by atoms with Crippen LogP contribution in [0.2, 0.25) is 5.02 Å². The number of halogens is 1. The van der Waals surface area contributed by atoms with Gasteiger partial charge in [-0.25, -0.2) is 4.98 Å². The minimum atomic E-state index is 0.101. The van der Waals surface area contributed by atoms with Gasteiger partial charge in [0.15, 0.2) is 0 Å². The number of nitrogens with one attached hydrogen (secondary N) is 1. The second kappa shape index (κ2) is 5.19. The first-order valence-electron chi connectivity index (χ1n) is 4.83. The van der Waals surface area contributed by atoms with Crippen molar-refractivity contribution in [1.82, 2.24) is 4.98 Å². The van der Waals surface area contributed by atoms with Gasteiger partial charge in [0.05, 0.1) is 16.9 Å². The lowest BCUT2D eigenvalue weighted by atomic mass is 10.1. The Morgan fingerprint density at radius 1 is 1.60 bits per heavy atom. The molecule has 0 saturated heterocycles. The molecule has 0 saturated carbocycles. The van der Waals surface area contributed by atoms with Crippen LogP contribution in [0.3, 0.4) is 0 Å². The number of nitrogens with zero attached hydrogens (tertiary/aromatic N) is 1. The molecule has 5 heteroatoms. The third-order valence-electron chi connectivity index (χ3n) is 2.37. The van der Waals surface area contributed by atoms with Crippen LogP contribution < -0.4 is 11.1 Å². The maximum atomic E-state index is 8.98. The first-order valence-corrected chi connectivity index (χ1v) is 5.20. The van der Waals surface area contributed by atoms with E-state index >= 15 is 0 Å². The van der Waals surface area contributed by atoms with Gasteiger partial charge >= 0.3 is 0 Å². The van der Waals surface area contributed by atoms with E-state index in [0.717, 1.165) is 0 Å². The summed E-state index contributed by atoms with van der Waals surface area (Å²) in [4.78, 5) is 4.08. The number of aliphatic hydroxyl groups excluding tert-OH is 1. The summed E-state index contributed by atoms with van der Waals surface area (Å²) in [6, 6.07) is 1.75. The molecule has 1 heterocycles. The molecule has 0 fully saturated rings. The Morgan fingerprint density at radius 2 is 2.27 bits per heavy atom. The largest absolute Gasteiger partial charge is 0.397 e. The van der Waals surface area contributed by atoms with E-state index in [-0.39, 0.29) is 18.6 Å². The second-order valence-corrected chi connectivity index (χ2v) is 4.10. The summed E-state index contributed by atoms with van der Waals surface area (Å²) in [6.07, 6.45) is 1.55. The van der Waals surface area contributed by atoms with Gasteiger partial charge in [0.1, 0.15) is 5.82 Å². The molecule has 1 rings (SSSR count). The normalized spacial score (nSPS) is 14.7. The predicted molar refractivity (Wildman–Crippen MR) is 63.0 cm³/mol. The van der Waals surface area contributed by atoms with Crippen molar-refractivity contribution in [3.05, 3.63) is 17.3 Å². The lowest BCUT2D eigenvalue weighted by Crippen LogP contribution is -2.26. The van der Waals surface area contributed by atoms with E-state index in [0.29, 0.717) is 16.5 Å². The topological polar surface area (TPSA) is 71.2 Å². The smallest absolute Gasteiger partial charge is 0.145 e. The van der Waals surface area contributed by atoms with E-state index in [1.54, 1.807) is 12.3 Å². The van der Waals surface area contributed by atoms with Gasteiger partial charge in [-0.15, -0.1) is 0 Å². The zero-order valence-corrected chi connectivity index (χ0v) is 9.62. The maximum Gasteiger partial charge on any atom is 0.145 e. The lowest BCUT2D eigenvalue weighted by Gasteiger charge is -2.20. The Balaban J connectivity index is 2.72. The van der Waals surface area contributed by atoms with Crippen LogP contribution in [0.5, 0.6) is 0 Å². The van der Waals surface area contributed by atoms with Crippen molar-refractivity contribution in [2.24, 2.45) is 5.92 Å². The molecule has 0 amide bonds. The summed E-state index contributed by atoms with van der Waals surface area (Å²) >= 11 is 5.95. The molecule has 1 aromatic heterocycles. The second-order valence-electron chi connectivity index (χ2n) is 3.69. The Hall–Kier alpha value is -1.00. The van der Waals surface area contributed by atoms with E-state index in [2.05, 4.69) is 10.3 Å². The van der Waals surface area contributed by atoms with Crippen LogP contribution in [0.4, 0.5) is 11.5 Å². The van der Waals surface area contributed by atoms with Gasteiger partial charge in [-0.1, -0.05) is 18.5 Å². The standard InChI is InChI=1S/C10H16ClN3O/c1-6(5-15)7(2)14-10-9(11)3-8(12)4-13-10/h3-4,6-7,15H,5,12H2,1-2H3,(H,13,14). The van der Waals surface area contributed by atoms with Crippen molar-refractivity contribution >= 4 is 23.1 Å². The van der Waals surface area contributed by atoms with Crippen LogP contribution in [-0.2, 0) is 0 Å². The number of aromatic nitrogens is 1. The highest BCUT2D eigenvalue weighted by Gasteiger charge is 2.12. The molecule has 4 nitrogen and oxygen atoms in total. The van der Waals surface area contributed by atoms with Gasteiger partial charge in [-0.3, -0.25) is 0 Å². The van der Waals surface area contributed by atoms with Crippen LogP contribution in [-0.4, -0.2) is 22.7 Å². The van der Waals surface area contributed by atoms with Gasteiger partial charge in [0.2, 0.25) is 0 Å². The maximum absolute atomic E-state index is 8.98. The Kier molecular flexibility index (Phi) is 4.17. The fraction of sp³-hybridized carbons (Fsp3) is 0.500. The lowest BCUT2D eigenvalue weighted by molar-refractivity contribution is 0.226. The van der Waals surface area contributed by atoms with Gasteiger partial charge in [-0.2, -0.15) is 0 Å². The fourth-order valence-corrected chi connectivity index (χ4v) is 1.30. The van der Waals surface area contributed by atoms with Gasteiger partial charge in [-0.05, 0) is 18.9 Å². The molecule has 0 aliphatic heterocycles. The number of hydrogen-bond donors (Lipinski definition) is 3. The SMILES string of the molecule is CC(CO)C(C)Nc1ncc(N)cc1Cl. The molecule has 15 heavy (non-hydrogen) atoms. The van der Waals surface area contributed by atoms with E-state index in [4.69, 9.17) is 22.4 Å². The number of nitrogen functional groups attached to an aromatic ring is 1. The molecule has 2 unspecified atom stereocenters. The molecule has 0 radical (unpaired) electrons. The van der Waals surface area contributed by atoms with Crippen molar-refractivity contribution in [2.45, 2.75) is 19.9 Å². The molecule has 1 aromatic rings. The Labute approximate surface area is 94.5 Å². The Bertz CT molecular complexity index is 332. The molecule has 2 atom stereocenters. The molecular weight excluding hydrogens is 214 g/mol. The van der Waals surface area contributed by atoms with Crippen molar-refractivity contribution in [3.8, 4) is 0 Å². The van der Waals surface area contributed by atoms with Gasteiger partial charge < -0.3 is 16.2 Å². The van der Waals surface area contributed by atoms with Crippen molar-refractivity contribution in [1.29, 1.82) is 0 Å². The first-order chi connectivity index (χ1) is 7.04. The third kappa shape index (κ3) is 3.25. The van der Waals surface area contributed by atoms with Crippen LogP contribution in [0.1, 0.15) is 13.8 Å². The molecule has 0 aliphatic rings. The minimum Gasteiger partial charge on any atom is -0.397 e. The van der Waals surface area contributed by atoms with Crippen molar-refractivity contribution < 1.29 is 5.11 Å². The van der Waals surface area contributed by atoms with E-state index in [1.165, 1.54) is 0 Å². The fourth-order valence-electron chi connectivity index (χ4n) is 1.07. The quantitative estimate of drug-likeness (QED) is 0.736. The summed E-state index contributed by atoms with van der Waals surface area (Å²) in [5.74, 6) is 0.735. The minimum absolute atomic E-state index is 0.101. The zero-order valence-electron chi connectivity index (χ0n) is 8.87. The molecule has 0 bridgehead atoms. The number of hydrogen-bond acceptors (Lipinski definition) is 4. The van der Waals surface area contributed by atoms with E-state index in [1.807, 2.05) is 13.8 Å². The molecule has 84 valence electrons. The van der Waals surface area contributed by atoms with Crippen molar-refractivity contribution in [3.63, 3.8) is 0 Å². The van der Waals surface area contributed by atoms with Crippen LogP contribution >= 0.6 is 11.6 Å². The van der Waals surface area contributed by atoms with Crippen LogP contribution in [0.25, 0.3) is 0 Å².